The molecule has 0 aromatic heterocycles. The van der Waals surface area contributed by atoms with Crippen LogP contribution in [0.25, 0.3) is 0 Å². The predicted octanol–water partition coefficient (Wildman–Crippen LogP) is 4.20. The van der Waals surface area contributed by atoms with Gasteiger partial charge in [-0.3, -0.25) is 8.37 Å². The van der Waals surface area contributed by atoms with E-state index in [-0.39, 0.29) is 15.4 Å². The van der Waals surface area contributed by atoms with Gasteiger partial charge in [-0.1, -0.05) is 65.7 Å². The molecule has 0 N–H and O–H groups in total. The SMILES string of the molecule is [2H]C([2H])(OS(=O)(=O)c1ccc(C)cc1)C(c1ccccc1)C([2H])([2H])OS(=O)(=O)c1ccc(C)cc1. The lowest BCUT2D eigenvalue weighted by Crippen LogP contribution is -2.20. The average Bonchev–Trinajstić information content (AvgIpc) is 2.73. The van der Waals surface area contributed by atoms with Crippen LogP contribution in [0.5, 0.6) is 0 Å². The molecule has 0 aliphatic rings. The molecule has 31 heavy (non-hydrogen) atoms. The second-order valence-electron chi connectivity index (χ2n) is 6.78. The third kappa shape index (κ3) is 6.24. The summed E-state index contributed by atoms with van der Waals surface area (Å²) in [5.41, 5.74) is 1.46. The second-order valence-corrected chi connectivity index (χ2v) is 9.87. The molecule has 6 nitrogen and oxygen atoms in total. The van der Waals surface area contributed by atoms with Crippen LogP contribution in [0.4, 0.5) is 0 Å². The molecule has 0 aliphatic heterocycles. The highest BCUT2D eigenvalue weighted by Crippen LogP contribution is 2.23. The van der Waals surface area contributed by atoms with E-state index >= 15 is 0 Å². The summed E-state index contributed by atoms with van der Waals surface area (Å²) >= 11 is 0. The minimum atomic E-state index is -4.70. The zero-order valence-electron chi connectivity index (χ0n) is 20.8. The van der Waals surface area contributed by atoms with Gasteiger partial charge >= 0.3 is 0 Å². The standard InChI is InChI=1S/C23H24O6S2/c1-18-8-12-22(13-9-18)30(24,25)28-16-21(20-6-4-3-5-7-20)17-29-31(26,27)23-14-10-19(2)11-15-23/h3-15,21H,16-17H2,1-2H3/i16D2,17D2. The van der Waals surface area contributed by atoms with Gasteiger partial charge in [0.1, 0.15) is 0 Å². The van der Waals surface area contributed by atoms with E-state index in [2.05, 4.69) is 0 Å². The van der Waals surface area contributed by atoms with Crippen molar-refractivity contribution in [1.29, 1.82) is 0 Å². The van der Waals surface area contributed by atoms with Crippen LogP contribution in [-0.2, 0) is 28.6 Å². The monoisotopic (exact) mass is 464 g/mol. The summed E-state index contributed by atoms with van der Waals surface area (Å²) in [6.07, 6.45) is 0. The molecular formula is C23H24O6S2. The lowest BCUT2D eigenvalue weighted by atomic mass is 10.0. The minimum Gasteiger partial charge on any atom is -0.266 e. The van der Waals surface area contributed by atoms with Gasteiger partial charge in [-0.2, -0.15) is 16.8 Å². The van der Waals surface area contributed by atoms with Crippen molar-refractivity contribution in [2.75, 3.05) is 13.1 Å². The van der Waals surface area contributed by atoms with E-state index in [9.17, 15) is 16.8 Å². The smallest absolute Gasteiger partial charge is 0.266 e. The van der Waals surface area contributed by atoms with E-state index in [4.69, 9.17) is 13.8 Å². The normalized spacial score (nSPS) is 15.1. The zero-order chi connectivity index (χ0) is 26.1. The summed E-state index contributed by atoms with van der Waals surface area (Å²) in [7, 11) is -9.39. The second kappa shape index (κ2) is 9.74. The third-order valence-corrected chi connectivity index (χ3v) is 6.63. The van der Waals surface area contributed by atoms with Crippen LogP contribution in [0.1, 0.15) is 28.1 Å². The Morgan fingerprint density at radius 3 is 1.45 bits per heavy atom. The molecule has 0 atom stereocenters. The maximum absolute atomic E-state index is 12.8. The van der Waals surface area contributed by atoms with Gasteiger partial charge in [0, 0.05) is 5.92 Å². The van der Waals surface area contributed by atoms with Gasteiger partial charge in [-0.15, -0.1) is 0 Å². The highest BCUT2D eigenvalue weighted by atomic mass is 32.2. The molecule has 0 spiro atoms. The Labute approximate surface area is 189 Å². The van der Waals surface area contributed by atoms with Gasteiger partial charge in [0.05, 0.1) is 28.4 Å². The quantitative estimate of drug-likeness (QED) is 0.441. The van der Waals surface area contributed by atoms with Crippen LogP contribution in [0.3, 0.4) is 0 Å². The topological polar surface area (TPSA) is 86.7 Å². The summed E-state index contributed by atoms with van der Waals surface area (Å²) < 4.78 is 94.7. The summed E-state index contributed by atoms with van der Waals surface area (Å²) in [4.78, 5) is -0.680. The molecule has 0 radical (unpaired) electrons. The molecule has 0 amide bonds. The largest absolute Gasteiger partial charge is 0.296 e. The first-order chi connectivity index (χ1) is 16.1. The molecule has 3 rings (SSSR count). The molecule has 0 bridgehead atoms. The van der Waals surface area contributed by atoms with E-state index in [1.165, 1.54) is 72.8 Å². The molecular weight excluding hydrogens is 436 g/mol. The van der Waals surface area contributed by atoms with Gasteiger partial charge in [0.25, 0.3) is 20.2 Å². The van der Waals surface area contributed by atoms with Crippen molar-refractivity contribution >= 4 is 20.2 Å². The molecule has 3 aromatic rings. The van der Waals surface area contributed by atoms with Crippen LogP contribution in [0.2, 0.25) is 0 Å². The molecule has 0 heterocycles. The van der Waals surface area contributed by atoms with Crippen molar-refractivity contribution in [1.82, 2.24) is 0 Å². The summed E-state index contributed by atoms with van der Waals surface area (Å²) in [5.74, 6) is -2.11. The number of rotatable bonds is 9. The fraction of sp³-hybridized carbons (Fsp3) is 0.217. The number of hydrogen-bond acceptors (Lipinski definition) is 6. The summed E-state index contributed by atoms with van der Waals surface area (Å²) in [5, 5.41) is 0. The van der Waals surface area contributed by atoms with Crippen LogP contribution >= 0.6 is 0 Å². The van der Waals surface area contributed by atoms with Crippen LogP contribution < -0.4 is 0 Å². The Balaban J connectivity index is 2.03. The molecule has 0 fully saturated rings. The van der Waals surface area contributed by atoms with Crippen LogP contribution in [-0.4, -0.2) is 30.0 Å². The summed E-state index contributed by atoms with van der Waals surface area (Å²) in [6, 6.07) is 18.1. The van der Waals surface area contributed by atoms with Crippen molar-refractivity contribution in [2.45, 2.75) is 29.6 Å². The average molecular weight is 465 g/mol. The minimum absolute atomic E-state index is 0.0688. The van der Waals surface area contributed by atoms with Crippen LogP contribution in [0, 0.1) is 13.8 Å². The van der Waals surface area contributed by atoms with Crippen molar-refractivity contribution in [3.05, 3.63) is 95.6 Å². The Morgan fingerprint density at radius 2 is 1.06 bits per heavy atom. The lowest BCUT2D eigenvalue weighted by Gasteiger charge is -2.18. The van der Waals surface area contributed by atoms with Gasteiger partial charge in [-0.05, 0) is 43.7 Å². The molecule has 0 aliphatic carbocycles. The van der Waals surface area contributed by atoms with Crippen molar-refractivity contribution in [3.8, 4) is 0 Å². The maximum Gasteiger partial charge on any atom is 0.296 e. The fourth-order valence-electron chi connectivity index (χ4n) is 2.53. The number of aryl methyl sites for hydroxylation is 2. The van der Waals surface area contributed by atoms with E-state index in [0.717, 1.165) is 11.1 Å². The van der Waals surface area contributed by atoms with E-state index < -0.39 is 39.3 Å². The number of benzene rings is 3. The fourth-order valence-corrected chi connectivity index (χ4v) is 4.11. The Kier molecular flexibility index (Phi) is 5.68. The predicted molar refractivity (Wildman–Crippen MR) is 118 cm³/mol. The molecule has 164 valence electrons. The van der Waals surface area contributed by atoms with E-state index in [0.29, 0.717) is 0 Å². The van der Waals surface area contributed by atoms with Gasteiger partial charge in [0.2, 0.25) is 0 Å². The summed E-state index contributed by atoms with van der Waals surface area (Å²) in [6.45, 7) is -3.03. The van der Waals surface area contributed by atoms with Gasteiger partial charge in [0.15, 0.2) is 0 Å². The highest BCUT2D eigenvalue weighted by molar-refractivity contribution is 7.87. The maximum atomic E-state index is 12.8. The third-order valence-electron chi connectivity index (χ3n) is 4.30. The van der Waals surface area contributed by atoms with Crippen molar-refractivity contribution < 1.29 is 30.7 Å². The van der Waals surface area contributed by atoms with E-state index in [1.807, 2.05) is 0 Å². The van der Waals surface area contributed by atoms with Crippen molar-refractivity contribution in [3.63, 3.8) is 0 Å². The molecule has 3 aromatic carbocycles. The van der Waals surface area contributed by atoms with E-state index in [1.54, 1.807) is 19.9 Å². The molecule has 0 saturated carbocycles. The first kappa shape index (κ1) is 18.1. The molecule has 0 unspecified atom stereocenters. The number of hydrogen-bond donors (Lipinski definition) is 0. The lowest BCUT2D eigenvalue weighted by molar-refractivity contribution is 0.226. The van der Waals surface area contributed by atoms with Crippen molar-refractivity contribution in [2.24, 2.45) is 0 Å². The first-order valence-corrected chi connectivity index (χ1v) is 12.1. The Morgan fingerprint density at radius 1 is 0.677 bits per heavy atom. The van der Waals surface area contributed by atoms with Gasteiger partial charge in [-0.25, -0.2) is 0 Å². The highest BCUT2D eigenvalue weighted by Gasteiger charge is 2.23. The van der Waals surface area contributed by atoms with Crippen LogP contribution in [0.15, 0.2) is 88.7 Å². The first-order valence-electron chi connectivity index (χ1n) is 11.2. The molecule has 0 saturated heterocycles. The molecule has 8 heteroatoms. The Hall–Kier alpha value is -2.52. The van der Waals surface area contributed by atoms with Gasteiger partial charge < -0.3 is 0 Å². The Bertz CT molecular complexity index is 1280. The zero-order valence-corrected chi connectivity index (χ0v) is 18.5.